The number of nitrogens with zero attached hydrogens (tertiary/aromatic N) is 1. The van der Waals surface area contributed by atoms with Gasteiger partial charge in [0.05, 0.1) is 20.1 Å². The molecule has 2 aromatic carbocycles. The molecular weight excluding hydrogens is 448 g/mol. The van der Waals surface area contributed by atoms with Crippen molar-refractivity contribution in [3.8, 4) is 0 Å². The Morgan fingerprint density at radius 2 is 1.28 bits per heavy atom. The Kier molecular flexibility index (Phi) is 6.92. The number of hydrogen-bond acceptors (Lipinski definition) is 1. The van der Waals surface area contributed by atoms with E-state index in [0.29, 0.717) is 33.2 Å². The minimum Gasteiger partial charge on any atom is -0.330 e. The van der Waals surface area contributed by atoms with Gasteiger partial charge in [0.25, 0.3) is 0 Å². The molecule has 0 N–H and O–H groups in total. The zero-order chi connectivity index (χ0) is 21.1. The minimum atomic E-state index is -0.155. The molecule has 2 nitrogen and oxygen atoms in total. The van der Waals surface area contributed by atoms with Gasteiger partial charge in [0.2, 0.25) is 5.91 Å². The van der Waals surface area contributed by atoms with Crippen LogP contribution in [0.3, 0.4) is 0 Å². The van der Waals surface area contributed by atoms with Crippen molar-refractivity contribution in [2.24, 2.45) is 0 Å². The van der Waals surface area contributed by atoms with E-state index in [-0.39, 0.29) is 5.91 Å². The van der Waals surface area contributed by atoms with E-state index in [9.17, 15) is 4.79 Å². The standard InChI is InChI=1S/C23H17Cl4NO/c1-3-23(29)28-12-17(8-15-4-6-19(24)21(26)10-15)14(2)18(13-28)9-16-5-7-20(25)22(27)11-16/h3-11H,1-2,12-13H2/b17-8+,18-9+. The van der Waals surface area contributed by atoms with Crippen LogP contribution in [0.25, 0.3) is 12.2 Å². The molecule has 1 saturated heterocycles. The van der Waals surface area contributed by atoms with E-state index in [2.05, 4.69) is 13.2 Å². The first-order chi connectivity index (χ1) is 13.8. The fraction of sp³-hybridized carbons (Fsp3) is 0.0870. The highest BCUT2D eigenvalue weighted by molar-refractivity contribution is 6.42. The molecule has 1 heterocycles. The third-order valence-corrected chi connectivity index (χ3v) is 6.03. The number of likely N-dealkylation sites (tertiary alicyclic amines) is 1. The topological polar surface area (TPSA) is 20.3 Å². The van der Waals surface area contributed by atoms with Crippen molar-refractivity contribution in [2.45, 2.75) is 0 Å². The summed E-state index contributed by atoms with van der Waals surface area (Å²) in [6.07, 6.45) is 5.22. The highest BCUT2D eigenvalue weighted by Crippen LogP contribution is 2.32. The van der Waals surface area contributed by atoms with Crippen LogP contribution in [0.15, 0.2) is 72.4 Å². The highest BCUT2D eigenvalue weighted by Gasteiger charge is 2.24. The van der Waals surface area contributed by atoms with Crippen LogP contribution in [0.4, 0.5) is 0 Å². The largest absolute Gasteiger partial charge is 0.330 e. The zero-order valence-electron chi connectivity index (χ0n) is 15.4. The Labute approximate surface area is 190 Å². The average Bonchev–Trinajstić information content (AvgIpc) is 2.69. The SMILES string of the molecule is C=CC(=O)N1C/C(=C\c2ccc(Cl)c(Cl)c2)C(=C)/C(=C/c2ccc(Cl)c(Cl)c2)C1. The van der Waals surface area contributed by atoms with E-state index < -0.39 is 0 Å². The third-order valence-electron chi connectivity index (χ3n) is 4.55. The van der Waals surface area contributed by atoms with Crippen molar-refractivity contribution >= 4 is 64.5 Å². The van der Waals surface area contributed by atoms with E-state index in [1.54, 1.807) is 29.2 Å². The molecule has 3 rings (SSSR count). The minimum absolute atomic E-state index is 0.155. The second kappa shape index (κ2) is 9.23. The molecule has 0 saturated carbocycles. The van der Waals surface area contributed by atoms with Gasteiger partial charge in [0.15, 0.2) is 0 Å². The maximum absolute atomic E-state index is 12.3. The van der Waals surface area contributed by atoms with E-state index in [0.717, 1.165) is 27.8 Å². The maximum Gasteiger partial charge on any atom is 0.246 e. The van der Waals surface area contributed by atoms with Crippen LogP contribution in [-0.4, -0.2) is 23.9 Å². The summed E-state index contributed by atoms with van der Waals surface area (Å²) in [6, 6.07) is 10.8. The van der Waals surface area contributed by atoms with E-state index >= 15 is 0 Å². The Morgan fingerprint density at radius 1 is 0.828 bits per heavy atom. The molecule has 1 fully saturated rings. The van der Waals surface area contributed by atoms with Crippen molar-refractivity contribution in [1.82, 2.24) is 4.90 Å². The Hall–Kier alpha value is -1.97. The first-order valence-electron chi connectivity index (χ1n) is 8.70. The molecule has 0 aromatic heterocycles. The lowest BCUT2D eigenvalue weighted by Crippen LogP contribution is -2.37. The van der Waals surface area contributed by atoms with Crippen LogP contribution in [0.5, 0.6) is 0 Å². The molecule has 0 bridgehead atoms. The van der Waals surface area contributed by atoms with Gasteiger partial charge in [-0.3, -0.25) is 4.79 Å². The van der Waals surface area contributed by atoms with Gasteiger partial charge in [-0.15, -0.1) is 0 Å². The first-order valence-corrected chi connectivity index (χ1v) is 10.2. The molecule has 0 aliphatic carbocycles. The monoisotopic (exact) mass is 463 g/mol. The number of benzene rings is 2. The van der Waals surface area contributed by atoms with Crippen molar-refractivity contribution in [2.75, 3.05) is 13.1 Å². The number of carbonyl (C=O) groups excluding carboxylic acids is 1. The molecule has 148 valence electrons. The van der Waals surface area contributed by atoms with E-state index in [1.165, 1.54) is 6.08 Å². The Bertz CT molecular complexity index is 995. The van der Waals surface area contributed by atoms with Gasteiger partial charge >= 0.3 is 0 Å². The van der Waals surface area contributed by atoms with Gasteiger partial charge in [0.1, 0.15) is 0 Å². The van der Waals surface area contributed by atoms with Crippen molar-refractivity contribution in [3.05, 3.63) is 104 Å². The summed E-state index contributed by atoms with van der Waals surface area (Å²) in [5.74, 6) is -0.155. The van der Waals surface area contributed by atoms with Crippen LogP contribution < -0.4 is 0 Å². The van der Waals surface area contributed by atoms with Crippen LogP contribution in [-0.2, 0) is 4.79 Å². The van der Waals surface area contributed by atoms with E-state index in [1.807, 2.05) is 24.3 Å². The molecule has 1 amide bonds. The number of hydrogen-bond donors (Lipinski definition) is 0. The smallest absolute Gasteiger partial charge is 0.246 e. The number of amides is 1. The van der Waals surface area contributed by atoms with Crippen molar-refractivity contribution in [1.29, 1.82) is 0 Å². The van der Waals surface area contributed by atoms with Gasteiger partial charge in [0, 0.05) is 13.1 Å². The Morgan fingerprint density at radius 3 is 1.66 bits per heavy atom. The van der Waals surface area contributed by atoms with Crippen LogP contribution in [0.2, 0.25) is 20.1 Å². The average molecular weight is 465 g/mol. The summed E-state index contributed by atoms with van der Waals surface area (Å²) in [7, 11) is 0. The second-order valence-electron chi connectivity index (χ2n) is 6.56. The fourth-order valence-corrected chi connectivity index (χ4v) is 3.63. The maximum atomic E-state index is 12.3. The van der Waals surface area contributed by atoms with Gasteiger partial charge in [-0.1, -0.05) is 71.7 Å². The lowest BCUT2D eigenvalue weighted by Gasteiger charge is -2.32. The number of piperidine rings is 1. The van der Waals surface area contributed by atoms with Crippen LogP contribution in [0.1, 0.15) is 11.1 Å². The highest BCUT2D eigenvalue weighted by atomic mass is 35.5. The summed E-state index contributed by atoms with van der Waals surface area (Å²) in [5.41, 5.74) is 4.39. The van der Waals surface area contributed by atoms with Gasteiger partial charge < -0.3 is 4.90 Å². The summed E-state index contributed by atoms with van der Waals surface area (Å²) in [5, 5.41) is 1.90. The van der Waals surface area contributed by atoms with Gasteiger partial charge in [-0.25, -0.2) is 0 Å². The lowest BCUT2D eigenvalue weighted by molar-refractivity contribution is -0.125. The molecule has 1 aliphatic rings. The normalized spacial score (nSPS) is 17.1. The first kappa shape index (κ1) is 21.7. The predicted molar refractivity (Wildman–Crippen MR) is 125 cm³/mol. The Balaban J connectivity index is 2.03. The molecular formula is C23H17Cl4NO. The molecule has 0 radical (unpaired) electrons. The van der Waals surface area contributed by atoms with Crippen LogP contribution >= 0.6 is 46.4 Å². The van der Waals surface area contributed by atoms with Gasteiger partial charge in [-0.2, -0.15) is 0 Å². The number of halogens is 4. The molecule has 29 heavy (non-hydrogen) atoms. The summed E-state index contributed by atoms with van der Waals surface area (Å²) in [4.78, 5) is 14.0. The molecule has 6 heteroatoms. The van der Waals surface area contributed by atoms with E-state index in [4.69, 9.17) is 46.4 Å². The predicted octanol–water partition coefficient (Wildman–Crippen LogP) is 7.35. The molecule has 1 aliphatic heterocycles. The quantitative estimate of drug-likeness (QED) is 0.434. The molecule has 2 aromatic rings. The summed E-state index contributed by atoms with van der Waals surface area (Å²) >= 11 is 24.3. The molecule has 0 unspecified atom stereocenters. The lowest BCUT2D eigenvalue weighted by atomic mass is 9.91. The second-order valence-corrected chi connectivity index (χ2v) is 8.19. The fourth-order valence-electron chi connectivity index (χ4n) is 3.02. The van der Waals surface area contributed by atoms with Crippen molar-refractivity contribution < 1.29 is 4.79 Å². The van der Waals surface area contributed by atoms with Gasteiger partial charge in [-0.05, 0) is 70.3 Å². The molecule has 0 atom stereocenters. The number of carbonyl (C=O) groups is 1. The summed E-state index contributed by atoms with van der Waals surface area (Å²) in [6.45, 7) is 8.69. The third kappa shape index (κ3) is 5.15. The molecule has 0 spiro atoms. The van der Waals surface area contributed by atoms with Crippen LogP contribution in [0, 0.1) is 0 Å². The summed E-state index contributed by atoms with van der Waals surface area (Å²) < 4.78 is 0. The number of rotatable bonds is 3. The zero-order valence-corrected chi connectivity index (χ0v) is 18.4. The van der Waals surface area contributed by atoms with Crippen molar-refractivity contribution in [3.63, 3.8) is 0 Å².